The number of β-amino-alcohol motifs (C(OH)–C–C–N with tert-alkyl or cyclic N) is 1. The smallest absolute Gasteiger partial charge is 0.132 e. The molecule has 5 nitrogen and oxygen atoms in total. The number of ether oxygens (including phenoxy) is 3. The zero-order chi connectivity index (χ0) is 12.5. The number of benzene rings is 1. The molecule has 17 heavy (non-hydrogen) atoms. The van der Waals surface area contributed by atoms with Crippen LogP contribution in [0.3, 0.4) is 0 Å². The Balaban J connectivity index is 2.54. The van der Waals surface area contributed by atoms with Gasteiger partial charge in [0.05, 0.1) is 26.9 Å². The van der Waals surface area contributed by atoms with E-state index in [2.05, 4.69) is 5.32 Å². The summed E-state index contributed by atoms with van der Waals surface area (Å²) >= 11 is 0. The first-order valence-corrected chi connectivity index (χ1v) is 5.38. The van der Waals surface area contributed by atoms with Crippen LogP contribution in [-0.2, 0) is 5.60 Å². The molecular weight excluding hydrogens is 222 g/mol. The monoisotopic (exact) mass is 239 g/mol. The fraction of sp³-hybridized carbons (Fsp3) is 0.500. The summed E-state index contributed by atoms with van der Waals surface area (Å²) in [6, 6.07) is 3.49. The second kappa shape index (κ2) is 4.43. The molecule has 1 aliphatic rings. The Hall–Kier alpha value is -1.46. The van der Waals surface area contributed by atoms with E-state index in [0.29, 0.717) is 35.9 Å². The Morgan fingerprint density at radius 1 is 1.06 bits per heavy atom. The molecule has 0 saturated carbocycles. The molecule has 0 radical (unpaired) electrons. The zero-order valence-electron chi connectivity index (χ0n) is 10.2. The Labute approximate surface area is 100 Å². The summed E-state index contributed by atoms with van der Waals surface area (Å²) in [6.45, 7) is 0.984. The van der Waals surface area contributed by atoms with E-state index in [-0.39, 0.29) is 0 Å². The molecule has 0 aliphatic carbocycles. The van der Waals surface area contributed by atoms with Gasteiger partial charge in [0.1, 0.15) is 22.8 Å². The van der Waals surface area contributed by atoms with Crippen LogP contribution in [0, 0.1) is 0 Å². The number of rotatable bonds is 4. The summed E-state index contributed by atoms with van der Waals surface area (Å²) in [5, 5.41) is 13.4. The first kappa shape index (κ1) is 12.0. The molecule has 1 fully saturated rings. The van der Waals surface area contributed by atoms with E-state index in [0.717, 1.165) is 0 Å². The Kier molecular flexibility index (Phi) is 3.13. The second-order valence-corrected chi connectivity index (χ2v) is 4.04. The lowest BCUT2D eigenvalue weighted by Crippen LogP contribution is -2.57. The van der Waals surface area contributed by atoms with Crippen molar-refractivity contribution in [1.29, 1.82) is 0 Å². The Morgan fingerprint density at radius 2 is 1.59 bits per heavy atom. The van der Waals surface area contributed by atoms with Gasteiger partial charge in [-0.3, -0.25) is 0 Å². The van der Waals surface area contributed by atoms with Gasteiger partial charge in [0.15, 0.2) is 0 Å². The molecule has 2 N–H and O–H groups in total. The molecule has 0 amide bonds. The maximum atomic E-state index is 10.4. The summed E-state index contributed by atoms with van der Waals surface area (Å²) in [6.07, 6.45) is 0. The first-order valence-electron chi connectivity index (χ1n) is 5.38. The van der Waals surface area contributed by atoms with Gasteiger partial charge in [0.25, 0.3) is 0 Å². The number of aliphatic hydroxyl groups is 1. The molecule has 0 unspecified atom stereocenters. The highest BCUT2D eigenvalue weighted by molar-refractivity contribution is 5.54. The minimum absolute atomic E-state index is 0.492. The summed E-state index contributed by atoms with van der Waals surface area (Å²) in [7, 11) is 4.70. The third-order valence-electron chi connectivity index (χ3n) is 3.02. The normalized spacial score (nSPS) is 17.2. The van der Waals surface area contributed by atoms with Crippen LogP contribution < -0.4 is 19.5 Å². The van der Waals surface area contributed by atoms with Gasteiger partial charge in [0, 0.05) is 25.2 Å². The summed E-state index contributed by atoms with van der Waals surface area (Å²) < 4.78 is 15.8. The number of methoxy groups -OCH3 is 3. The molecular formula is C12H17NO4. The average molecular weight is 239 g/mol. The molecule has 1 aliphatic heterocycles. The molecule has 5 heteroatoms. The van der Waals surface area contributed by atoms with E-state index >= 15 is 0 Å². The molecule has 2 rings (SSSR count). The van der Waals surface area contributed by atoms with Gasteiger partial charge in [-0.1, -0.05) is 0 Å². The first-order chi connectivity index (χ1) is 8.14. The largest absolute Gasteiger partial charge is 0.496 e. The minimum atomic E-state index is -0.928. The van der Waals surface area contributed by atoms with Crippen molar-refractivity contribution in [3.8, 4) is 17.2 Å². The predicted molar refractivity (Wildman–Crippen MR) is 62.9 cm³/mol. The van der Waals surface area contributed by atoms with Crippen LogP contribution >= 0.6 is 0 Å². The van der Waals surface area contributed by atoms with E-state index < -0.39 is 5.60 Å². The van der Waals surface area contributed by atoms with Crippen molar-refractivity contribution in [2.24, 2.45) is 0 Å². The number of nitrogens with one attached hydrogen (secondary N) is 1. The molecule has 1 heterocycles. The van der Waals surface area contributed by atoms with Crippen molar-refractivity contribution in [2.45, 2.75) is 5.60 Å². The average Bonchev–Trinajstić information content (AvgIpc) is 2.34. The van der Waals surface area contributed by atoms with E-state index in [4.69, 9.17) is 14.2 Å². The van der Waals surface area contributed by atoms with Crippen LogP contribution in [0.1, 0.15) is 5.56 Å². The maximum absolute atomic E-state index is 10.4. The van der Waals surface area contributed by atoms with Gasteiger partial charge in [-0.25, -0.2) is 0 Å². The zero-order valence-corrected chi connectivity index (χ0v) is 10.2. The molecule has 1 aromatic rings. The van der Waals surface area contributed by atoms with E-state index in [1.54, 1.807) is 33.5 Å². The highest BCUT2D eigenvalue weighted by atomic mass is 16.5. The third kappa shape index (κ3) is 1.92. The minimum Gasteiger partial charge on any atom is -0.496 e. The van der Waals surface area contributed by atoms with Crippen LogP contribution in [-0.4, -0.2) is 39.5 Å². The predicted octanol–water partition coefficient (Wildman–Crippen LogP) is 0.503. The van der Waals surface area contributed by atoms with Crippen molar-refractivity contribution in [1.82, 2.24) is 5.32 Å². The maximum Gasteiger partial charge on any atom is 0.132 e. The highest BCUT2D eigenvalue weighted by Gasteiger charge is 2.41. The second-order valence-electron chi connectivity index (χ2n) is 4.04. The SMILES string of the molecule is COc1cc(OC)c(C2(O)CNC2)c(OC)c1. The summed E-state index contributed by atoms with van der Waals surface area (Å²) in [5.41, 5.74) is -0.259. The van der Waals surface area contributed by atoms with Gasteiger partial charge in [0.2, 0.25) is 0 Å². The molecule has 1 aromatic carbocycles. The molecule has 1 saturated heterocycles. The van der Waals surface area contributed by atoms with Crippen molar-refractivity contribution in [2.75, 3.05) is 34.4 Å². The molecule has 0 aromatic heterocycles. The van der Waals surface area contributed by atoms with Crippen LogP contribution in [0.4, 0.5) is 0 Å². The Morgan fingerprint density at radius 3 is 1.88 bits per heavy atom. The van der Waals surface area contributed by atoms with Crippen molar-refractivity contribution in [3.05, 3.63) is 17.7 Å². The fourth-order valence-electron chi connectivity index (χ4n) is 2.00. The van der Waals surface area contributed by atoms with Crippen molar-refractivity contribution in [3.63, 3.8) is 0 Å². The summed E-state index contributed by atoms with van der Waals surface area (Å²) in [4.78, 5) is 0. The van der Waals surface area contributed by atoms with E-state index in [9.17, 15) is 5.11 Å². The molecule has 94 valence electrons. The third-order valence-corrected chi connectivity index (χ3v) is 3.02. The molecule has 0 atom stereocenters. The lowest BCUT2D eigenvalue weighted by molar-refractivity contribution is -0.0184. The van der Waals surface area contributed by atoms with E-state index in [1.807, 2.05) is 0 Å². The topological polar surface area (TPSA) is 60.0 Å². The van der Waals surface area contributed by atoms with Gasteiger partial charge < -0.3 is 24.6 Å². The van der Waals surface area contributed by atoms with Gasteiger partial charge in [-0.15, -0.1) is 0 Å². The number of hydrogen-bond donors (Lipinski definition) is 2. The lowest BCUT2D eigenvalue weighted by Gasteiger charge is -2.39. The van der Waals surface area contributed by atoms with Crippen molar-refractivity contribution >= 4 is 0 Å². The van der Waals surface area contributed by atoms with Gasteiger partial charge in [-0.2, -0.15) is 0 Å². The van der Waals surface area contributed by atoms with Crippen LogP contribution in [0.15, 0.2) is 12.1 Å². The lowest BCUT2D eigenvalue weighted by atomic mass is 9.86. The van der Waals surface area contributed by atoms with Crippen LogP contribution in [0.2, 0.25) is 0 Å². The molecule has 0 bridgehead atoms. The molecule has 0 spiro atoms. The van der Waals surface area contributed by atoms with Crippen LogP contribution in [0.5, 0.6) is 17.2 Å². The van der Waals surface area contributed by atoms with Gasteiger partial charge in [-0.05, 0) is 0 Å². The highest BCUT2D eigenvalue weighted by Crippen LogP contribution is 2.42. The van der Waals surface area contributed by atoms with Crippen molar-refractivity contribution < 1.29 is 19.3 Å². The Bertz CT molecular complexity index is 390. The quantitative estimate of drug-likeness (QED) is 0.801. The fourth-order valence-corrected chi connectivity index (χ4v) is 2.00. The van der Waals surface area contributed by atoms with Crippen LogP contribution in [0.25, 0.3) is 0 Å². The summed E-state index contributed by atoms with van der Waals surface area (Å²) in [5.74, 6) is 1.79. The van der Waals surface area contributed by atoms with Gasteiger partial charge >= 0.3 is 0 Å². The standard InChI is InChI=1S/C12H17NO4/c1-15-8-4-9(16-2)11(10(5-8)17-3)12(14)6-13-7-12/h4-5,13-14H,6-7H2,1-3H3. The number of hydrogen-bond acceptors (Lipinski definition) is 5. The van der Waals surface area contributed by atoms with E-state index in [1.165, 1.54) is 0 Å².